The summed E-state index contributed by atoms with van der Waals surface area (Å²) in [6.45, 7) is 0. The van der Waals surface area contributed by atoms with Crippen molar-refractivity contribution in [3.63, 3.8) is 0 Å². The molecule has 0 radical (unpaired) electrons. The molecule has 0 aliphatic rings. The Bertz CT molecular complexity index is 275. The van der Waals surface area contributed by atoms with Crippen molar-refractivity contribution >= 4 is 13.0 Å². The number of rotatable bonds is 2. The molecule has 0 aliphatic carbocycles. The highest BCUT2D eigenvalue weighted by Gasteiger charge is 2.25. The lowest BCUT2D eigenvalue weighted by Crippen LogP contribution is -1.99. The average molecular weight is 178 g/mol. The first-order chi connectivity index (χ1) is 5.17. The van der Waals surface area contributed by atoms with Gasteiger partial charge in [0, 0.05) is 0 Å². The van der Waals surface area contributed by atoms with Crippen molar-refractivity contribution in [2.75, 3.05) is 0 Å². The molecule has 0 saturated heterocycles. The predicted molar refractivity (Wildman–Crippen MR) is 37.0 cm³/mol. The van der Waals surface area contributed by atoms with Crippen molar-refractivity contribution in [1.29, 1.82) is 0 Å². The van der Waals surface area contributed by atoms with Gasteiger partial charge in [-0.25, -0.2) is 4.57 Å². The third kappa shape index (κ3) is 1.85. The summed E-state index contributed by atoms with van der Waals surface area (Å²) in [4.78, 5) is 0. The van der Waals surface area contributed by atoms with Crippen LogP contribution in [0.25, 0.3) is 0 Å². The van der Waals surface area contributed by atoms with E-state index in [1.165, 1.54) is 24.3 Å². The molecule has 1 aromatic rings. The Kier molecular flexibility index (Phi) is 2.37. The fraction of sp³-hybridized carbons (Fsp3) is 0. The van der Waals surface area contributed by atoms with Crippen LogP contribution in [0.2, 0.25) is 0 Å². The monoisotopic (exact) mass is 178 g/mol. The van der Waals surface area contributed by atoms with Crippen molar-refractivity contribution < 1.29 is 18.0 Å². The largest absolute Gasteiger partial charge is 0.428 e. The Morgan fingerprint density at radius 1 is 1.27 bits per heavy atom. The minimum atomic E-state index is -4.69. The minimum Gasteiger partial charge on any atom is -0.247 e. The Morgan fingerprint density at radius 2 is 1.82 bits per heavy atom. The van der Waals surface area contributed by atoms with Crippen LogP contribution in [0.5, 0.6) is 0 Å². The van der Waals surface area contributed by atoms with Gasteiger partial charge in [-0.1, -0.05) is 22.9 Å². The Morgan fingerprint density at radius 3 is 2.27 bits per heavy atom. The van der Waals surface area contributed by atoms with Crippen LogP contribution < -0.4 is 5.30 Å². The second-order valence-corrected chi connectivity index (χ2v) is 3.50. The maximum atomic E-state index is 12.5. The van der Waals surface area contributed by atoms with E-state index in [0.717, 1.165) is 0 Å². The average Bonchev–Trinajstić information content (AvgIpc) is 2.06. The first-order valence-corrected chi connectivity index (χ1v) is 4.34. The van der Waals surface area contributed by atoms with Gasteiger partial charge >= 0.3 is 7.68 Å². The molecule has 0 amide bonds. The lowest BCUT2D eigenvalue weighted by molar-refractivity contribution is -0.00856. The van der Waals surface area contributed by atoms with Gasteiger partial charge in [0.2, 0.25) is 0 Å². The van der Waals surface area contributed by atoms with E-state index >= 15 is 0 Å². The molecule has 1 aromatic carbocycles. The highest BCUT2D eigenvalue weighted by Crippen LogP contribution is 2.47. The van der Waals surface area contributed by atoms with E-state index < -0.39 is 7.68 Å². The summed E-state index contributed by atoms with van der Waals surface area (Å²) in [5.74, 6) is 0. The predicted octanol–water partition coefficient (Wildman–Crippen LogP) is 2.38. The molecule has 60 valence electrons. The molecule has 0 fully saturated rings. The van der Waals surface area contributed by atoms with E-state index in [0.29, 0.717) is 0 Å². The van der Waals surface area contributed by atoms with Crippen LogP contribution >= 0.6 is 7.68 Å². The summed E-state index contributed by atoms with van der Waals surface area (Å²) in [5, 5.41) is -0.275. The Balaban J connectivity index is 3.03. The molecule has 0 saturated carbocycles. The quantitative estimate of drug-likeness (QED) is 0.650. The summed E-state index contributed by atoms with van der Waals surface area (Å²) >= 11 is 0. The standard InChI is InChI=1S/C6H5F2O2P/c7-10-11(8,9)6-4-2-1-3-5-6/h1-5H. The van der Waals surface area contributed by atoms with Crippen molar-refractivity contribution in [2.24, 2.45) is 0 Å². The van der Waals surface area contributed by atoms with Gasteiger partial charge in [-0.05, 0) is 16.7 Å². The van der Waals surface area contributed by atoms with Gasteiger partial charge in [-0.3, -0.25) is 0 Å². The second-order valence-electron chi connectivity index (χ2n) is 1.88. The van der Waals surface area contributed by atoms with Gasteiger partial charge in [0.25, 0.3) is 0 Å². The molecule has 0 heterocycles. The molecule has 0 N–H and O–H groups in total. The van der Waals surface area contributed by atoms with E-state index in [1.54, 1.807) is 6.07 Å². The number of halogens is 2. The van der Waals surface area contributed by atoms with Crippen molar-refractivity contribution in [3.8, 4) is 0 Å². The Labute approximate surface area is 62.3 Å². The molecule has 0 bridgehead atoms. The van der Waals surface area contributed by atoms with E-state index in [1.807, 2.05) is 0 Å². The Hall–Kier alpha value is -0.730. The molecule has 11 heavy (non-hydrogen) atoms. The van der Waals surface area contributed by atoms with Gasteiger partial charge < -0.3 is 0 Å². The van der Waals surface area contributed by atoms with Gasteiger partial charge in [-0.15, -0.1) is 4.20 Å². The SMILES string of the molecule is O=P(F)(OF)c1ccccc1. The molecule has 2 nitrogen and oxygen atoms in total. The van der Waals surface area contributed by atoms with Gasteiger partial charge in [-0.2, -0.15) is 0 Å². The summed E-state index contributed by atoms with van der Waals surface area (Å²) < 4.78 is 37.1. The van der Waals surface area contributed by atoms with Crippen LogP contribution in [0, 0.1) is 0 Å². The fourth-order valence-corrected chi connectivity index (χ4v) is 1.25. The zero-order valence-corrected chi connectivity index (χ0v) is 6.30. The molecule has 0 aliphatic heterocycles. The first-order valence-electron chi connectivity index (χ1n) is 2.82. The van der Waals surface area contributed by atoms with Crippen LogP contribution in [0.3, 0.4) is 0 Å². The highest BCUT2D eigenvalue weighted by atomic mass is 31.2. The highest BCUT2D eigenvalue weighted by molar-refractivity contribution is 7.61. The topological polar surface area (TPSA) is 26.3 Å². The van der Waals surface area contributed by atoms with E-state index in [2.05, 4.69) is 4.73 Å². The number of hydrogen-bond donors (Lipinski definition) is 0. The van der Waals surface area contributed by atoms with Crippen LogP contribution in [-0.2, 0) is 9.29 Å². The third-order valence-electron chi connectivity index (χ3n) is 1.15. The molecule has 5 heteroatoms. The van der Waals surface area contributed by atoms with Gasteiger partial charge in [0.05, 0.1) is 5.30 Å². The molecule has 0 spiro atoms. The van der Waals surface area contributed by atoms with Crippen molar-refractivity contribution in [3.05, 3.63) is 30.3 Å². The summed E-state index contributed by atoms with van der Waals surface area (Å²) in [6, 6.07) is 6.88. The number of hydrogen-bond acceptors (Lipinski definition) is 2. The minimum absolute atomic E-state index is 0.275. The lowest BCUT2D eigenvalue weighted by atomic mass is 10.4. The molecule has 0 aromatic heterocycles. The number of benzene rings is 1. The van der Waals surface area contributed by atoms with Crippen LogP contribution in [0.1, 0.15) is 0 Å². The van der Waals surface area contributed by atoms with Crippen LogP contribution in [0.15, 0.2) is 30.3 Å². The zero-order chi connectivity index (χ0) is 8.32. The van der Waals surface area contributed by atoms with Gasteiger partial charge in [0.15, 0.2) is 0 Å². The third-order valence-corrected chi connectivity index (χ3v) is 2.25. The fourth-order valence-electron chi connectivity index (χ4n) is 0.646. The zero-order valence-electron chi connectivity index (χ0n) is 5.41. The molecule has 1 rings (SSSR count). The second kappa shape index (κ2) is 3.11. The maximum absolute atomic E-state index is 12.5. The first kappa shape index (κ1) is 8.37. The van der Waals surface area contributed by atoms with Crippen molar-refractivity contribution in [1.82, 2.24) is 0 Å². The summed E-state index contributed by atoms with van der Waals surface area (Å²) in [6.07, 6.45) is 0. The molecular formula is C6H5F2O2P. The summed E-state index contributed by atoms with van der Waals surface area (Å²) in [7, 11) is -4.69. The normalized spacial score (nSPS) is 15.8. The molecule has 1 atom stereocenters. The summed E-state index contributed by atoms with van der Waals surface area (Å²) in [5.41, 5.74) is 0. The van der Waals surface area contributed by atoms with E-state index in [4.69, 9.17) is 0 Å². The smallest absolute Gasteiger partial charge is 0.247 e. The maximum Gasteiger partial charge on any atom is 0.428 e. The van der Waals surface area contributed by atoms with Crippen LogP contribution in [0.4, 0.5) is 8.72 Å². The van der Waals surface area contributed by atoms with E-state index in [-0.39, 0.29) is 5.30 Å². The molecule has 1 unspecified atom stereocenters. The van der Waals surface area contributed by atoms with E-state index in [9.17, 15) is 13.3 Å². The molecular weight excluding hydrogens is 173 g/mol. The van der Waals surface area contributed by atoms with Crippen LogP contribution in [-0.4, -0.2) is 0 Å². The van der Waals surface area contributed by atoms with Gasteiger partial charge in [0.1, 0.15) is 0 Å². The lowest BCUT2D eigenvalue weighted by Gasteiger charge is -2.00. The van der Waals surface area contributed by atoms with Crippen molar-refractivity contribution in [2.45, 2.75) is 0 Å².